The van der Waals surface area contributed by atoms with E-state index in [1.54, 1.807) is 38.2 Å². The van der Waals surface area contributed by atoms with E-state index in [1.807, 2.05) is 44.2 Å². The summed E-state index contributed by atoms with van der Waals surface area (Å²) in [5, 5.41) is 3.92. The molecule has 0 aliphatic heterocycles. The maximum absolute atomic E-state index is 13.6. The molecule has 0 bridgehead atoms. The molecule has 3 N–H and O–H groups in total. The van der Waals surface area contributed by atoms with E-state index in [0.29, 0.717) is 34.7 Å². The summed E-state index contributed by atoms with van der Waals surface area (Å²) in [5.74, 6) is -0.259. The Kier molecular flexibility index (Phi) is 6.48. The Morgan fingerprint density at radius 2 is 1.67 bits per heavy atom. The molecule has 0 aliphatic rings. The molecule has 2 aromatic heterocycles. The minimum absolute atomic E-state index is 0.174. The minimum Gasteiger partial charge on any atom is -0.381 e. The number of primary amides is 1. The van der Waals surface area contributed by atoms with Gasteiger partial charge in [0.2, 0.25) is 5.91 Å². The van der Waals surface area contributed by atoms with Crippen LogP contribution in [0.5, 0.6) is 0 Å². The lowest BCUT2D eigenvalue weighted by Crippen LogP contribution is -2.16. The van der Waals surface area contributed by atoms with E-state index in [-0.39, 0.29) is 11.5 Å². The van der Waals surface area contributed by atoms with Crippen molar-refractivity contribution in [1.82, 2.24) is 9.31 Å². The standard InChI is InChI=1S/C31H30N4O4/c1-6-35-27(21-12-10-20(11-13-21)26-19(4)39-34(5)31(26)38)18(3)24-14-17(2)15-25(28(24)35)30(37)33-23-9-7-8-22(16-23)29(32)36/h7-16H,6H2,1-5H3,(H2,32,36)(H,33,37). The summed E-state index contributed by atoms with van der Waals surface area (Å²) in [5.41, 5.74) is 12.8. The third kappa shape index (κ3) is 4.44. The lowest BCUT2D eigenvalue weighted by atomic mass is 10.0. The average molecular weight is 523 g/mol. The molecule has 0 spiro atoms. The van der Waals surface area contributed by atoms with Crippen LogP contribution in [0.25, 0.3) is 33.3 Å². The number of carbonyl (C=O) groups excluding carboxylic acids is 2. The van der Waals surface area contributed by atoms with Gasteiger partial charge in [-0.3, -0.25) is 14.4 Å². The Labute approximate surface area is 225 Å². The third-order valence-electron chi connectivity index (χ3n) is 7.09. The fraction of sp³-hybridized carbons (Fsp3) is 0.194. The molecule has 3 aromatic carbocycles. The molecule has 0 fully saturated rings. The third-order valence-corrected chi connectivity index (χ3v) is 7.09. The predicted octanol–water partition coefficient (Wildman–Crippen LogP) is 5.56. The van der Waals surface area contributed by atoms with Crippen molar-refractivity contribution in [1.29, 1.82) is 0 Å². The number of aryl methyl sites for hydroxylation is 5. The first-order valence-electron chi connectivity index (χ1n) is 12.7. The Bertz CT molecular complexity index is 1820. The van der Waals surface area contributed by atoms with E-state index in [0.717, 1.165) is 38.9 Å². The van der Waals surface area contributed by atoms with E-state index in [2.05, 4.69) is 22.9 Å². The van der Waals surface area contributed by atoms with Gasteiger partial charge in [-0.25, -0.2) is 0 Å². The van der Waals surface area contributed by atoms with Crippen LogP contribution in [0, 0.1) is 20.8 Å². The van der Waals surface area contributed by atoms with Crippen LogP contribution >= 0.6 is 0 Å². The highest BCUT2D eigenvalue weighted by atomic mass is 16.5. The second-order valence-electron chi connectivity index (χ2n) is 9.73. The molecule has 5 rings (SSSR count). The van der Waals surface area contributed by atoms with Crippen molar-refractivity contribution in [2.24, 2.45) is 12.8 Å². The van der Waals surface area contributed by atoms with E-state index in [9.17, 15) is 14.4 Å². The van der Waals surface area contributed by atoms with Gasteiger partial charge in [0.1, 0.15) is 5.76 Å². The SMILES string of the molecule is CCn1c(-c2ccc(-c3c(C)on(C)c3=O)cc2)c(C)c2cc(C)cc(C(=O)Nc3cccc(C(N)=O)c3)c21. The number of hydrogen-bond donors (Lipinski definition) is 2. The summed E-state index contributed by atoms with van der Waals surface area (Å²) >= 11 is 0. The second kappa shape index (κ2) is 9.79. The number of amides is 2. The zero-order valence-electron chi connectivity index (χ0n) is 22.6. The molecule has 39 heavy (non-hydrogen) atoms. The lowest BCUT2D eigenvalue weighted by Gasteiger charge is -2.13. The Balaban J connectivity index is 1.61. The van der Waals surface area contributed by atoms with Crippen molar-refractivity contribution in [2.75, 3.05) is 5.32 Å². The second-order valence-corrected chi connectivity index (χ2v) is 9.73. The highest BCUT2D eigenvalue weighted by Gasteiger charge is 2.22. The Morgan fingerprint density at radius 3 is 2.28 bits per heavy atom. The number of fused-ring (bicyclic) bond motifs is 1. The fourth-order valence-corrected chi connectivity index (χ4v) is 5.33. The van der Waals surface area contributed by atoms with Crippen molar-refractivity contribution in [3.63, 3.8) is 0 Å². The molecule has 0 atom stereocenters. The molecule has 0 unspecified atom stereocenters. The van der Waals surface area contributed by atoms with Crippen LogP contribution < -0.4 is 16.6 Å². The number of rotatable bonds is 6. The number of nitrogens with two attached hydrogens (primary N) is 1. The summed E-state index contributed by atoms with van der Waals surface area (Å²) in [7, 11) is 1.60. The molecule has 2 amide bonds. The summed E-state index contributed by atoms with van der Waals surface area (Å²) in [6, 6.07) is 18.4. The van der Waals surface area contributed by atoms with Crippen molar-refractivity contribution in [3.8, 4) is 22.4 Å². The fourth-order valence-electron chi connectivity index (χ4n) is 5.33. The van der Waals surface area contributed by atoms with Crippen molar-refractivity contribution in [2.45, 2.75) is 34.2 Å². The van der Waals surface area contributed by atoms with Crippen LogP contribution in [-0.2, 0) is 13.6 Å². The molecule has 0 saturated heterocycles. The number of anilines is 1. The van der Waals surface area contributed by atoms with Gasteiger partial charge in [-0.2, -0.15) is 4.74 Å². The van der Waals surface area contributed by atoms with E-state index in [1.165, 1.54) is 4.74 Å². The minimum atomic E-state index is -0.557. The number of hydrogen-bond acceptors (Lipinski definition) is 4. The van der Waals surface area contributed by atoms with Crippen molar-refractivity contribution in [3.05, 3.63) is 99.0 Å². The van der Waals surface area contributed by atoms with Crippen LogP contribution in [0.4, 0.5) is 5.69 Å². The first kappa shape index (κ1) is 25.8. The van der Waals surface area contributed by atoms with Gasteiger partial charge in [0, 0.05) is 30.2 Å². The first-order chi connectivity index (χ1) is 18.6. The number of carbonyl (C=O) groups is 2. The largest absolute Gasteiger partial charge is 0.381 e. The highest BCUT2D eigenvalue weighted by molar-refractivity contribution is 6.14. The van der Waals surface area contributed by atoms with Crippen LogP contribution in [0.2, 0.25) is 0 Å². The van der Waals surface area contributed by atoms with Gasteiger partial charge < -0.3 is 20.1 Å². The van der Waals surface area contributed by atoms with Crippen LogP contribution in [0.3, 0.4) is 0 Å². The van der Waals surface area contributed by atoms with E-state index in [4.69, 9.17) is 10.3 Å². The molecule has 8 heteroatoms. The van der Waals surface area contributed by atoms with Crippen LogP contribution in [0.15, 0.2) is 70.0 Å². The first-order valence-corrected chi connectivity index (χ1v) is 12.7. The topological polar surface area (TPSA) is 112 Å². The molecular weight excluding hydrogens is 492 g/mol. The van der Waals surface area contributed by atoms with Gasteiger partial charge in [-0.15, -0.1) is 0 Å². The number of benzene rings is 3. The molecule has 0 saturated carbocycles. The smallest absolute Gasteiger partial charge is 0.290 e. The molecule has 5 aromatic rings. The van der Waals surface area contributed by atoms with Gasteiger partial charge >= 0.3 is 0 Å². The predicted molar refractivity (Wildman–Crippen MR) is 153 cm³/mol. The maximum Gasteiger partial charge on any atom is 0.290 e. The van der Waals surface area contributed by atoms with E-state index >= 15 is 0 Å². The van der Waals surface area contributed by atoms with Gasteiger partial charge in [-0.05, 0) is 80.3 Å². The highest BCUT2D eigenvalue weighted by Crippen LogP contribution is 2.37. The Hall–Kier alpha value is -4.85. The zero-order chi connectivity index (χ0) is 28.0. The van der Waals surface area contributed by atoms with Crippen LogP contribution in [0.1, 0.15) is 44.5 Å². The zero-order valence-corrected chi connectivity index (χ0v) is 22.6. The number of nitrogens with one attached hydrogen (secondary N) is 1. The summed E-state index contributed by atoms with van der Waals surface area (Å²) in [4.78, 5) is 37.7. The number of nitrogens with zero attached hydrogens (tertiary/aromatic N) is 2. The summed E-state index contributed by atoms with van der Waals surface area (Å²) in [6.45, 7) is 8.50. The molecule has 2 heterocycles. The van der Waals surface area contributed by atoms with Crippen molar-refractivity contribution < 1.29 is 14.1 Å². The molecular formula is C31H30N4O4. The monoisotopic (exact) mass is 522 g/mol. The summed E-state index contributed by atoms with van der Waals surface area (Å²) in [6.07, 6.45) is 0. The van der Waals surface area contributed by atoms with Crippen molar-refractivity contribution >= 4 is 28.4 Å². The Morgan fingerprint density at radius 1 is 0.974 bits per heavy atom. The van der Waals surface area contributed by atoms with Crippen LogP contribution in [-0.4, -0.2) is 21.1 Å². The van der Waals surface area contributed by atoms with Gasteiger partial charge in [0.25, 0.3) is 11.5 Å². The van der Waals surface area contributed by atoms with E-state index < -0.39 is 5.91 Å². The van der Waals surface area contributed by atoms with Gasteiger partial charge in [0.15, 0.2) is 0 Å². The quantitative estimate of drug-likeness (QED) is 0.304. The molecule has 0 aliphatic carbocycles. The number of aromatic nitrogens is 2. The van der Waals surface area contributed by atoms with Gasteiger partial charge in [0.05, 0.1) is 22.3 Å². The molecule has 8 nitrogen and oxygen atoms in total. The van der Waals surface area contributed by atoms with Gasteiger partial charge in [-0.1, -0.05) is 30.3 Å². The maximum atomic E-state index is 13.6. The normalized spacial score (nSPS) is 11.2. The average Bonchev–Trinajstić information content (AvgIpc) is 3.34. The summed E-state index contributed by atoms with van der Waals surface area (Å²) < 4.78 is 8.84. The lowest BCUT2D eigenvalue weighted by molar-refractivity contribution is 0.0996. The molecule has 198 valence electrons. The molecule has 0 radical (unpaired) electrons.